The van der Waals surface area contributed by atoms with Crippen molar-refractivity contribution in [3.63, 3.8) is 0 Å². The third-order valence-corrected chi connectivity index (χ3v) is 3.75. The highest BCUT2D eigenvalue weighted by Gasteiger charge is 2.32. The Morgan fingerprint density at radius 3 is 2.86 bits per heavy atom. The molecule has 22 heavy (non-hydrogen) atoms. The average Bonchev–Trinajstić information content (AvgIpc) is 2.45. The van der Waals surface area contributed by atoms with Gasteiger partial charge in [0.2, 0.25) is 0 Å². The molecular weight excluding hydrogens is 361 g/mol. The first-order chi connectivity index (χ1) is 10.4. The second-order valence-electron chi connectivity index (χ2n) is 4.94. The van der Waals surface area contributed by atoms with Crippen molar-refractivity contribution in [1.29, 1.82) is 0 Å². The first-order valence-corrected chi connectivity index (χ1v) is 7.40. The third-order valence-electron chi connectivity index (χ3n) is 3.13. The molecule has 1 aliphatic rings. The number of carboxylic acid groups (broad SMARTS) is 1. The van der Waals surface area contributed by atoms with Crippen LogP contribution < -0.4 is 4.74 Å². The Morgan fingerprint density at radius 1 is 1.50 bits per heavy atom. The van der Waals surface area contributed by atoms with E-state index in [1.807, 2.05) is 0 Å². The van der Waals surface area contributed by atoms with Crippen molar-refractivity contribution < 1.29 is 28.6 Å². The Labute approximate surface area is 134 Å². The Hall–Kier alpha value is -1.67. The van der Waals surface area contributed by atoms with Gasteiger partial charge in [-0.3, -0.25) is 4.79 Å². The largest absolute Gasteiger partial charge is 0.483 e. The molecule has 0 spiro atoms. The number of carbonyl (C=O) groups excluding carboxylic acids is 1. The highest BCUT2D eigenvalue weighted by Crippen LogP contribution is 2.25. The second kappa shape index (κ2) is 7.06. The quantitative estimate of drug-likeness (QED) is 0.865. The van der Waals surface area contributed by atoms with Gasteiger partial charge in [-0.15, -0.1) is 0 Å². The average molecular weight is 376 g/mol. The van der Waals surface area contributed by atoms with Gasteiger partial charge in [0.15, 0.2) is 12.7 Å². The Kier molecular flexibility index (Phi) is 5.36. The fraction of sp³-hybridized carbons (Fsp3) is 0.429. The second-order valence-corrected chi connectivity index (χ2v) is 5.79. The maximum atomic E-state index is 13.0. The monoisotopic (exact) mass is 375 g/mol. The summed E-state index contributed by atoms with van der Waals surface area (Å²) in [5, 5.41) is 8.99. The molecule has 0 radical (unpaired) electrons. The van der Waals surface area contributed by atoms with Crippen molar-refractivity contribution in [2.75, 3.05) is 19.7 Å². The fourth-order valence-corrected chi connectivity index (χ4v) is 2.58. The van der Waals surface area contributed by atoms with Gasteiger partial charge in [-0.2, -0.15) is 0 Å². The maximum absolute atomic E-state index is 13.0. The van der Waals surface area contributed by atoms with Crippen LogP contribution in [0, 0.1) is 5.82 Å². The summed E-state index contributed by atoms with van der Waals surface area (Å²) in [6.07, 6.45) is -1.40. The molecule has 0 aromatic heterocycles. The highest BCUT2D eigenvalue weighted by atomic mass is 79.9. The number of rotatable bonds is 4. The molecule has 0 bridgehead atoms. The van der Waals surface area contributed by atoms with Crippen LogP contribution in [0.2, 0.25) is 0 Å². The zero-order valence-corrected chi connectivity index (χ0v) is 13.4. The molecule has 1 heterocycles. The molecular formula is C14H15BrFNO5. The predicted molar refractivity (Wildman–Crippen MR) is 78.1 cm³/mol. The standard InChI is InChI=1S/C14H15BrFNO5/c1-8-5-17(6-12(22-8)14(19)20)13(18)7-21-11-3-2-9(16)4-10(11)15/h2-4,8,12H,5-7H2,1H3,(H,19,20)/t8-,12?/m1/s1. The van der Waals surface area contributed by atoms with Crippen molar-refractivity contribution in [3.05, 3.63) is 28.5 Å². The molecule has 0 aliphatic carbocycles. The van der Waals surface area contributed by atoms with E-state index in [4.69, 9.17) is 14.6 Å². The lowest BCUT2D eigenvalue weighted by atomic mass is 10.2. The van der Waals surface area contributed by atoms with Gasteiger partial charge in [-0.1, -0.05) is 0 Å². The van der Waals surface area contributed by atoms with E-state index in [1.165, 1.54) is 23.1 Å². The summed E-state index contributed by atoms with van der Waals surface area (Å²) in [6, 6.07) is 3.87. The number of halogens is 2. The molecule has 2 rings (SSSR count). The summed E-state index contributed by atoms with van der Waals surface area (Å²) < 4.78 is 24.0. The first kappa shape index (κ1) is 16.7. The van der Waals surface area contributed by atoms with Crippen molar-refractivity contribution >= 4 is 27.8 Å². The summed E-state index contributed by atoms with van der Waals surface area (Å²) in [6.45, 7) is 1.72. The van der Waals surface area contributed by atoms with E-state index in [0.717, 1.165) is 0 Å². The molecule has 1 aromatic carbocycles. The summed E-state index contributed by atoms with van der Waals surface area (Å²) in [5.41, 5.74) is 0. The molecule has 1 saturated heterocycles. The molecule has 1 aliphatic heterocycles. The van der Waals surface area contributed by atoms with E-state index < -0.39 is 17.9 Å². The lowest BCUT2D eigenvalue weighted by Gasteiger charge is -2.34. The SMILES string of the molecule is C[C@@H]1CN(C(=O)COc2ccc(F)cc2Br)CC(C(=O)O)O1. The minimum Gasteiger partial charge on any atom is -0.483 e. The van der Waals surface area contributed by atoms with Gasteiger partial charge in [-0.25, -0.2) is 9.18 Å². The van der Waals surface area contributed by atoms with Crippen molar-refractivity contribution in [2.24, 2.45) is 0 Å². The van der Waals surface area contributed by atoms with Crippen LogP contribution in [-0.2, 0) is 14.3 Å². The third kappa shape index (κ3) is 4.17. The number of carbonyl (C=O) groups is 2. The van der Waals surface area contributed by atoms with Gasteiger partial charge >= 0.3 is 5.97 Å². The number of morpholine rings is 1. The summed E-state index contributed by atoms with van der Waals surface area (Å²) in [5.74, 6) is -1.54. The molecule has 0 saturated carbocycles. The van der Waals surface area contributed by atoms with Crippen LogP contribution in [-0.4, -0.2) is 53.8 Å². The molecule has 1 amide bonds. The lowest BCUT2D eigenvalue weighted by Crippen LogP contribution is -2.52. The fourth-order valence-electron chi connectivity index (χ4n) is 2.11. The van der Waals surface area contributed by atoms with E-state index in [9.17, 15) is 14.0 Å². The van der Waals surface area contributed by atoms with Gasteiger partial charge < -0.3 is 19.5 Å². The molecule has 8 heteroatoms. The van der Waals surface area contributed by atoms with Crippen LogP contribution in [0.4, 0.5) is 4.39 Å². The van der Waals surface area contributed by atoms with Crippen LogP contribution >= 0.6 is 15.9 Å². The van der Waals surface area contributed by atoms with Crippen LogP contribution in [0.1, 0.15) is 6.92 Å². The van der Waals surface area contributed by atoms with Crippen molar-refractivity contribution in [2.45, 2.75) is 19.1 Å². The minimum absolute atomic E-state index is 0.0214. The van der Waals surface area contributed by atoms with Gasteiger partial charge in [0, 0.05) is 6.54 Å². The normalized spacial score (nSPS) is 21.5. The summed E-state index contributed by atoms with van der Waals surface area (Å²) in [4.78, 5) is 24.5. The lowest BCUT2D eigenvalue weighted by molar-refractivity contribution is -0.167. The Morgan fingerprint density at radius 2 is 2.23 bits per heavy atom. The first-order valence-electron chi connectivity index (χ1n) is 6.60. The van der Waals surface area contributed by atoms with Crippen LogP contribution in [0.25, 0.3) is 0 Å². The number of aliphatic carboxylic acids is 1. The van der Waals surface area contributed by atoms with Crippen LogP contribution in [0.3, 0.4) is 0 Å². The zero-order chi connectivity index (χ0) is 16.3. The van der Waals surface area contributed by atoms with Gasteiger partial charge in [0.25, 0.3) is 5.91 Å². The Balaban J connectivity index is 1.95. The zero-order valence-electron chi connectivity index (χ0n) is 11.8. The Bertz CT molecular complexity index is 582. The van der Waals surface area contributed by atoms with E-state index in [2.05, 4.69) is 15.9 Å². The van der Waals surface area contributed by atoms with Crippen LogP contribution in [0.5, 0.6) is 5.75 Å². The molecule has 6 nitrogen and oxygen atoms in total. The number of hydrogen-bond acceptors (Lipinski definition) is 4. The summed E-state index contributed by atoms with van der Waals surface area (Å²) in [7, 11) is 0. The van der Waals surface area contributed by atoms with Crippen LogP contribution in [0.15, 0.2) is 22.7 Å². The van der Waals surface area contributed by atoms with Gasteiger partial charge in [-0.05, 0) is 41.1 Å². The molecule has 1 fully saturated rings. The number of hydrogen-bond donors (Lipinski definition) is 1. The minimum atomic E-state index is -1.11. The number of amides is 1. The molecule has 1 N–H and O–H groups in total. The van der Waals surface area contributed by atoms with E-state index in [-0.39, 0.29) is 25.2 Å². The highest BCUT2D eigenvalue weighted by molar-refractivity contribution is 9.10. The molecule has 1 aromatic rings. The van der Waals surface area contributed by atoms with Gasteiger partial charge in [0.05, 0.1) is 17.1 Å². The van der Waals surface area contributed by atoms with Gasteiger partial charge in [0.1, 0.15) is 11.6 Å². The van der Waals surface area contributed by atoms with E-state index in [0.29, 0.717) is 16.8 Å². The van der Waals surface area contributed by atoms with Crippen molar-refractivity contribution in [3.8, 4) is 5.75 Å². The smallest absolute Gasteiger partial charge is 0.334 e. The number of benzene rings is 1. The number of nitrogens with zero attached hydrogens (tertiary/aromatic N) is 1. The topological polar surface area (TPSA) is 76.1 Å². The predicted octanol–water partition coefficient (Wildman–Crippen LogP) is 1.67. The molecule has 1 unspecified atom stereocenters. The molecule has 120 valence electrons. The van der Waals surface area contributed by atoms with Crippen molar-refractivity contribution in [1.82, 2.24) is 4.90 Å². The van der Waals surface area contributed by atoms with E-state index in [1.54, 1.807) is 6.92 Å². The van der Waals surface area contributed by atoms with E-state index >= 15 is 0 Å². The number of carboxylic acids is 1. The summed E-state index contributed by atoms with van der Waals surface area (Å²) >= 11 is 3.14. The maximum Gasteiger partial charge on any atom is 0.334 e. The number of ether oxygens (including phenoxy) is 2. The molecule has 2 atom stereocenters.